The van der Waals surface area contributed by atoms with Gasteiger partial charge in [-0.2, -0.15) is 0 Å². The lowest BCUT2D eigenvalue weighted by Gasteiger charge is -2.27. The minimum absolute atomic E-state index is 0.0610. The van der Waals surface area contributed by atoms with Gasteiger partial charge in [-0.25, -0.2) is 17.5 Å². The van der Waals surface area contributed by atoms with Crippen LogP contribution in [0.4, 0.5) is 10.1 Å². The van der Waals surface area contributed by atoms with Crippen LogP contribution in [0.2, 0.25) is 0 Å². The lowest BCUT2D eigenvalue weighted by atomic mass is 9.99. The number of carbonyl (C=O) groups excluding carboxylic acids is 1. The molecule has 2 aromatic carbocycles. The Morgan fingerprint density at radius 2 is 1.89 bits per heavy atom. The summed E-state index contributed by atoms with van der Waals surface area (Å²) in [6.07, 6.45) is -0.440. The van der Waals surface area contributed by atoms with Gasteiger partial charge in [0.15, 0.2) is 0 Å². The Labute approximate surface area is 164 Å². The number of anilines is 1. The van der Waals surface area contributed by atoms with Crippen molar-refractivity contribution >= 4 is 21.6 Å². The van der Waals surface area contributed by atoms with Gasteiger partial charge in [-0.05, 0) is 76.1 Å². The summed E-state index contributed by atoms with van der Waals surface area (Å²) >= 11 is 0. The van der Waals surface area contributed by atoms with Crippen LogP contribution in [0, 0.1) is 12.7 Å². The molecule has 1 unspecified atom stereocenters. The Kier molecular flexibility index (Phi) is 6.59. The maximum atomic E-state index is 13.4. The molecule has 3 N–H and O–H groups in total. The Morgan fingerprint density at radius 1 is 1.21 bits per heavy atom. The molecular weight excluding hydrogens is 383 g/mol. The molecule has 0 heterocycles. The first-order valence-electron chi connectivity index (χ1n) is 8.79. The number of halogens is 1. The molecule has 0 aliphatic heterocycles. The predicted molar refractivity (Wildman–Crippen MR) is 106 cm³/mol. The van der Waals surface area contributed by atoms with Crippen molar-refractivity contribution in [3.8, 4) is 0 Å². The second kappa shape index (κ2) is 8.38. The van der Waals surface area contributed by atoms with Crippen LogP contribution in [0.25, 0.3) is 0 Å². The van der Waals surface area contributed by atoms with Gasteiger partial charge in [-0.3, -0.25) is 4.79 Å². The summed E-state index contributed by atoms with van der Waals surface area (Å²) in [5, 5.41) is 12.2. The molecule has 8 heteroatoms. The molecule has 0 fully saturated rings. The van der Waals surface area contributed by atoms with E-state index in [-0.39, 0.29) is 22.7 Å². The van der Waals surface area contributed by atoms with Crippen molar-refractivity contribution in [2.45, 2.75) is 50.7 Å². The second-order valence-electron chi connectivity index (χ2n) is 7.49. The molecule has 2 aromatic rings. The van der Waals surface area contributed by atoms with Crippen molar-refractivity contribution in [3.63, 3.8) is 0 Å². The Hall–Kier alpha value is -2.29. The first-order chi connectivity index (χ1) is 12.9. The van der Waals surface area contributed by atoms with Gasteiger partial charge in [0.1, 0.15) is 5.82 Å². The highest BCUT2D eigenvalue weighted by atomic mass is 32.2. The van der Waals surface area contributed by atoms with E-state index in [4.69, 9.17) is 0 Å². The molecule has 0 spiro atoms. The highest BCUT2D eigenvalue weighted by molar-refractivity contribution is 7.89. The number of nitrogens with one attached hydrogen (secondary N) is 2. The fourth-order valence-corrected chi connectivity index (χ4v) is 4.40. The highest BCUT2D eigenvalue weighted by Crippen LogP contribution is 2.19. The molecule has 0 bridgehead atoms. The number of hydrogen-bond acceptors (Lipinski definition) is 4. The number of aliphatic hydroxyl groups excluding tert-OH is 1. The average Bonchev–Trinajstić information content (AvgIpc) is 2.56. The first-order valence-corrected chi connectivity index (χ1v) is 10.3. The molecule has 0 aliphatic rings. The fourth-order valence-electron chi connectivity index (χ4n) is 2.93. The van der Waals surface area contributed by atoms with E-state index in [1.165, 1.54) is 42.5 Å². The Bertz CT molecular complexity index is 972. The van der Waals surface area contributed by atoms with Gasteiger partial charge in [-0.15, -0.1) is 0 Å². The minimum atomic E-state index is -3.90. The van der Waals surface area contributed by atoms with Crippen molar-refractivity contribution in [3.05, 3.63) is 59.4 Å². The molecule has 0 radical (unpaired) electrons. The number of hydrogen-bond donors (Lipinski definition) is 3. The zero-order chi connectivity index (χ0) is 21.1. The minimum Gasteiger partial charge on any atom is -0.393 e. The quantitative estimate of drug-likeness (QED) is 0.656. The normalized spacial score (nSPS) is 13.2. The molecule has 1 atom stereocenters. The summed E-state index contributed by atoms with van der Waals surface area (Å²) in [7, 11) is -3.90. The maximum absolute atomic E-state index is 13.4. The van der Waals surface area contributed by atoms with E-state index < -0.39 is 27.6 Å². The number of aryl methyl sites for hydroxylation is 1. The van der Waals surface area contributed by atoms with Gasteiger partial charge in [0.05, 0.1) is 11.0 Å². The number of carbonyl (C=O) groups is 1. The second-order valence-corrected chi connectivity index (χ2v) is 9.17. The molecule has 0 aliphatic carbocycles. The average molecular weight is 408 g/mol. The highest BCUT2D eigenvalue weighted by Gasteiger charge is 2.28. The van der Waals surface area contributed by atoms with Crippen LogP contribution in [0.1, 0.15) is 43.1 Å². The fraction of sp³-hybridized carbons (Fsp3) is 0.350. The zero-order valence-corrected chi connectivity index (χ0v) is 17.1. The topological polar surface area (TPSA) is 95.5 Å². The summed E-state index contributed by atoms with van der Waals surface area (Å²) in [5.74, 6) is -0.886. The summed E-state index contributed by atoms with van der Waals surface area (Å²) in [6, 6.07) is 9.80. The van der Waals surface area contributed by atoms with Crippen LogP contribution >= 0.6 is 0 Å². The Balaban J connectivity index is 2.22. The third-order valence-corrected chi connectivity index (χ3v) is 5.73. The standard InChI is InChI=1S/C20H25FN2O4S/c1-13-10-16(8-9-18(13)21)22-19(25)15-6-5-7-17(11-15)28(26,27)23-20(3,4)12-14(2)24/h5-11,14,23-24H,12H2,1-4H3,(H,22,25). The van der Waals surface area contributed by atoms with Gasteiger partial charge in [0.25, 0.3) is 5.91 Å². The molecule has 0 saturated carbocycles. The molecule has 6 nitrogen and oxygen atoms in total. The summed E-state index contributed by atoms with van der Waals surface area (Å²) in [4.78, 5) is 12.4. The Morgan fingerprint density at radius 3 is 2.50 bits per heavy atom. The first kappa shape index (κ1) is 22.0. The van der Waals surface area contributed by atoms with Crippen molar-refractivity contribution in [1.29, 1.82) is 0 Å². The number of rotatable bonds is 7. The van der Waals surface area contributed by atoms with Crippen LogP contribution in [-0.4, -0.2) is 31.1 Å². The van der Waals surface area contributed by atoms with Gasteiger partial charge in [-0.1, -0.05) is 6.07 Å². The lowest BCUT2D eigenvalue weighted by Crippen LogP contribution is -2.45. The number of aliphatic hydroxyl groups is 1. The molecule has 1 amide bonds. The third kappa shape index (κ3) is 5.85. The van der Waals surface area contributed by atoms with E-state index in [9.17, 15) is 22.7 Å². The van der Waals surface area contributed by atoms with E-state index in [2.05, 4.69) is 10.0 Å². The van der Waals surface area contributed by atoms with Gasteiger partial charge < -0.3 is 10.4 Å². The zero-order valence-electron chi connectivity index (χ0n) is 16.3. The van der Waals surface area contributed by atoms with Crippen LogP contribution < -0.4 is 10.0 Å². The van der Waals surface area contributed by atoms with Crippen LogP contribution in [0.5, 0.6) is 0 Å². The SMILES string of the molecule is Cc1cc(NC(=O)c2cccc(S(=O)(=O)NC(C)(C)CC(C)O)c2)ccc1F. The van der Waals surface area contributed by atoms with Crippen molar-refractivity contribution in [1.82, 2.24) is 4.72 Å². The van der Waals surface area contributed by atoms with Crippen molar-refractivity contribution in [2.75, 3.05) is 5.32 Å². The van der Waals surface area contributed by atoms with Gasteiger partial charge in [0, 0.05) is 16.8 Å². The van der Waals surface area contributed by atoms with E-state index in [0.29, 0.717) is 11.3 Å². The van der Waals surface area contributed by atoms with Crippen molar-refractivity contribution < 1.29 is 22.7 Å². The van der Waals surface area contributed by atoms with E-state index in [1.807, 2.05) is 0 Å². The largest absolute Gasteiger partial charge is 0.393 e. The van der Waals surface area contributed by atoms with E-state index in [0.717, 1.165) is 0 Å². The molecule has 0 saturated heterocycles. The summed E-state index contributed by atoms with van der Waals surface area (Å²) < 4.78 is 41.3. The van der Waals surface area contributed by atoms with Crippen LogP contribution in [0.15, 0.2) is 47.4 Å². The maximum Gasteiger partial charge on any atom is 0.255 e. The molecule has 152 valence electrons. The summed E-state index contributed by atoms with van der Waals surface area (Å²) in [6.45, 7) is 6.51. The van der Waals surface area contributed by atoms with E-state index in [1.54, 1.807) is 27.7 Å². The number of sulfonamides is 1. The monoisotopic (exact) mass is 408 g/mol. The lowest BCUT2D eigenvalue weighted by molar-refractivity contribution is 0.102. The molecule has 0 aromatic heterocycles. The molecule has 28 heavy (non-hydrogen) atoms. The third-order valence-electron chi connectivity index (χ3n) is 4.04. The number of amides is 1. The van der Waals surface area contributed by atoms with Gasteiger partial charge in [0.2, 0.25) is 10.0 Å². The smallest absolute Gasteiger partial charge is 0.255 e. The number of benzene rings is 2. The van der Waals surface area contributed by atoms with E-state index >= 15 is 0 Å². The van der Waals surface area contributed by atoms with Crippen LogP contribution in [-0.2, 0) is 10.0 Å². The summed E-state index contributed by atoms with van der Waals surface area (Å²) in [5.41, 5.74) is 0.0851. The predicted octanol–water partition coefficient (Wildman–Crippen LogP) is 3.21. The van der Waals surface area contributed by atoms with Gasteiger partial charge >= 0.3 is 0 Å². The van der Waals surface area contributed by atoms with Crippen LogP contribution in [0.3, 0.4) is 0 Å². The van der Waals surface area contributed by atoms with Crippen molar-refractivity contribution in [2.24, 2.45) is 0 Å². The molecular formula is C20H25FN2O4S. The molecule has 2 rings (SSSR count).